The Hall–Kier alpha value is -1.50. The molecule has 0 aromatic heterocycles. The summed E-state index contributed by atoms with van der Waals surface area (Å²) in [6.07, 6.45) is 0.279. The van der Waals surface area contributed by atoms with Gasteiger partial charge in [0.2, 0.25) is 5.91 Å². The number of sulfone groups is 1. The minimum Gasteiger partial charge on any atom is -0.312 e. The van der Waals surface area contributed by atoms with Gasteiger partial charge in [0.05, 0.1) is 17.4 Å². The zero-order valence-corrected chi connectivity index (χ0v) is 11.8. The maximum Gasteiger partial charge on any atom is 0.231 e. The van der Waals surface area contributed by atoms with Gasteiger partial charge < -0.3 is 4.90 Å². The summed E-state index contributed by atoms with van der Waals surface area (Å²) in [5, 5.41) is 0. The summed E-state index contributed by atoms with van der Waals surface area (Å²) in [6, 6.07) is 3.20. The maximum atomic E-state index is 13.2. The number of halogens is 2. The molecule has 1 unspecified atom stereocenters. The number of nitrogens with zero attached hydrogens (tertiary/aromatic N) is 1. The largest absolute Gasteiger partial charge is 0.312 e. The Kier molecular flexibility index (Phi) is 4.08. The minimum absolute atomic E-state index is 0.00125. The van der Waals surface area contributed by atoms with E-state index in [0.717, 1.165) is 12.1 Å². The van der Waals surface area contributed by atoms with Crippen LogP contribution in [-0.2, 0) is 14.6 Å². The van der Waals surface area contributed by atoms with Crippen molar-refractivity contribution in [3.05, 3.63) is 29.8 Å². The number of hydrogen-bond donors (Lipinski definition) is 0. The van der Waals surface area contributed by atoms with Crippen LogP contribution in [0.2, 0.25) is 0 Å². The first-order chi connectivity index (χ1) is 9.34. The van der Waals surface area contributed by atoms with Crippen LogP contribution < -0.4 is 4.90 Å². The number of carbonyl (C=O) groups is 1. The molecule has 2 rings (SSSR count). The summed E-state index contributed by atoms with van der Waals surface area (Å²) in [6.45, 7) is 1.96. The van der Waals surface area contributed by atoms with Gasteiger partial charge in [-0.05, 0) is 25.5 Å². The normalized spacial score (nSPS) is 20.9. The van der Waals surface area contributed by atoms with Crippen molar-refractivity contribution in [2.45, 2.75) is 13.3 Å². The van der Waals surface area contributed by atoms with Crippen LogP contribution in [0.5, 0.6) is 0 Å². The van der Waals surface area contributed by atoms with Gasteiger partial charge in [0, 0.05) is 18.3 Å². The third-order valence-electron chi connectivity index (χ3n) is 3.38. The molecule has 1 aliphatic rings. The van der Waals surface area contributed by atoms with Crippen molar-refractivity contribution >= 4 is 21.4 Å². The fraction of sp³-hybridized carbons (Fsp3) is 0.462. The molecular weight excluding hydrogens is 288 g/mol. The molecule has 1 atom stereocenters. The molecule has 20 heavy (non-hydrogen) atoms. The van der Waals surface area contributed by atoms with Crippen LogP contribution in [0.4, 0.5) is 14.5 Å². The summed E-state index contributed by atoms with van der Waals surface area (Å²) in [7, 11) is -3.16. The molecule has 1 aromatic rings. The molecule has 0 spiro atoms. The summed E-state index contributed by atoms with van der Waals surface area (Å²) in [5.41, 5.74) is 0.237. The van der Waals surface area contributed by atoms with Crippen molar-refractivity contribution < 1.29 is 22.0 Å². The number of rotatable bonds is 3. The molecule has 1 saturated heterocycles. The zero-order chi connectivity index (χ0) is 14.9. The van der Waals surface area contributed by atoms with Crippen LogP contribution >= 0.6 is 0 Å². The lowest BCUT2D eigenvalue weighted by Gasteiger charge is -2.24. The second kappa shape index (κ2) is 5.47. The Morgan fingerprint density at radius 1 is 1.35 bits per heavy atom. The van der Waals surface area contributed by atoms with Crippen LogP contribution in [0, 0.1) is 17.6 Å². The first-order valence-electron chi connectivity index (χ1n) is 6.31. The van der Waals surface area contributed by atoms with Crippen molar-refractivity contribution in [2.75, 3.05) is 23.0 Å². The molecule has 1 heterocycles. The first-order valence-corrected chi connectivity index (χ1v) is 8.13. The molecular formula is C13H15F2NO3S. The Morgan fingerprint density at radius 3 is 2.55 bits per heavy atom. The Labute approximate surface area is 116 Å². The van der Waals surface area contributed by atoms with E-state index in [4.69, 9.17) is 0 Å². The SMILES string of the molecule is CCN(C(=O)C1CCS(=O)(=O)C1)c1ccc(F)c(F)c1. The summed E-state index contributed by atoms with van der Waals surface area (Å²) in [4.78, 5) is 13.6. The van der Waals surface area contributed by atoms with E-state index in [9.17, 15) is 22.0 Å². The topological polar surface area (TPSA) is 54.5 Å². The highest BCUT2D eigenvalue weighted by molar-refractivity contribution is 7.91. The number of benzene rings is 1. The van der Waals surface area contributed by atoms with Gasteiger partial charge in [-0.3, -0.25) is 4.79 Å². The van der Waals surface area contributed by atoms with E-state index in [1.807, 2.05) is 0 Å². The molecule has 7 heteroatoms. The molecule has 0 saturated carbocycles. The molecule has 0 N–H and O–H groups in total. The second-order valence-corrected chi connectivity index (χ2v) is 7.01. The summed E-state index contributed by atoms with van der Waals surface area (Å²) in [5.74, 6) is -3.16. The lowest BCUT2D eigenvalue weighted by atomic mass is 10.1. The van der Waals surface area contributed by atoms with Crippen LogP contribution in [0.25, 0.3) is 0 Å². The fourth-order valence-electron chi connectivity index (χ4n) is 2.33. The smallest absolute Gasteiger partial charge is 0.231 e. The lowest BCUT2D eigenvalue weighted by Crippen LogP contribution is -2.36. The Bertz CT molecular complexity index is 631. The lowest BCUT2D eigenvalue weighted by molar-refractivity contribution is -0.121. The van der Waals surface area contributed by atoms with E-state index in [1.54, 1.807) is 6.92 Å². The second-order valence-electron chi connectivity index (χ2n) is 4.78. The van der Waals surface area contributed by atoms with Crippen LogP contribution in [-0.4, -0.2) is 32.4 Å². The van der Waals surface area contributed by atoms with E-state index >= 15 is 0 Å². The quantitative estimate of drug-likeness (QED) is 0.855. The van der Waals surface area contributed by atoms with E-state index in [0.29, 0.717) is 0 Å². The van der Waals surface area contributed by atoms with Crippen molar-refractivity contribution in [3.8, 4) is 0 Å². The van der Waals surface area contributed by atoms with Gasteiger partial charge in [0.25, 0.3) is 0 Å². The first kappa shape index (κ1) is 14.9. The third-order valence-corrected chi connectivity index (χ3v) is 5.15. The van der Waals surface area contributed by atoms with E-state index in [2.05, 4.69) is 0 Å². The van der Waals surface area contributed by atoms with Crippen molar-refractivity contribution in [3.63, 3.8) is 0 Å². The van der Waals surface area contributed by atoms with E-state index < -0.39 is 27.4 Å². The van der Waals surface area contributed by atoms with Crippen molar-refractivity contribution in [1.82, 2.24) is 0 Å². The molecule has 1 amide bonds. The standard InChI is InChI=1S/C13H15F2NO3S/c1-2-16(10-3-4-11(14)12(15)7-10)13(17)9-5-6-20(18,19)8-9/h3-4,7,9H,2,5-6,8H2,1H3. The number of amides is 1. The van der Waals surface area contributed by atoms with Gasteiger partial charge in [-0.2, -0.15) is 0 Å². The van der Waals surface area contributed by atoms with Gasteiger partial charge >= 0.3 is 0 Å². The average molecular weight is 303 g/mol. The number of hydrogen-bond acceptors (Lipinski definition) is 3. The fourth-order valence-corrected chi connectivity index (χ4v) is 4.06. The maximum absolute atomic E-state index is 13.2. The molecule has 0 radical (unpaired) electrons. The van der Waals surface area contributed by atoms with Crippen LogP contribution in [0.3, 0.4) is 0 Å². The van der Waals surface area contributed by atoms with Gasteiger partial charge in [-0.25, -0.2) is 17.2 Å². The van der Waals surface area contributed by atoms with E-state index in [-0.39, 0.29) is 36.1 Å². The highest BCUT2D eigenvalue weighted by atomic mass is 32.2. The van der Waals surface area contributed by atoms with E-state index in [1.165, 1.54) is 11.0 Å². The highest BCUT2D eigenvalue weighted by Crippen LogP contribution is 2.25. The van der Waals surface area contributed by atoms with Crippen LogP contribution in [0.15, 0.2) is 18.2 Å². The van der Waals surface area contributed by atoms with Gasteiger partial charge in [-0.15, -0.1) is 0 Å². The molecule has 1 fully saturated rings. The predicted octanol–water partition coefficient (Wildman–Crippen LogP) is 1.75. The average Bonchev–Trinajstić information content (AvgIpc) is 2.75. The molecule has 0 aliphatic carbocycles. The number of carbonyl (C=O) groups excluding carboxylic acids is 1. The van der Waals surface area contributed by atoms with Gasteiger partial charge in [0.1, 0.15) is 0 Å². The minimum atomic E-state index is -3.16. The Balaban J connectivity index is 2.23. The molecule has 1 aliphatic heterocycles. The molecule has 110 valence electrons. The van der Waals surface area contributed by atoms with Gasteiger partial charge in [-0.1, -0.05) is 0 Å². The highest BCUT2D eigenvalue weighted by Gasteiger charge is 2.35. The predicted molar refractivity (Wildman–Crippen MR) is 71.1 cm³/mol. The molecule has 0 bridgehead atoms. The molecule has 4 nitrogen and oxygen atoms in total. The number of anilines is 1. The van der Waals surface area contributed by atoms with Crippen molar-refractivity contribution in [2.24, 2.45) is 5.92 Å². The summed E-state index contributed by atoms with van der Waals surface area (Å²) >= 11 is 0. The molecule has 1 aromatic carbocycles. The zero-order valence-electron chi connectivity index (χ0n) is 11.0. The van der Waals surface area contributed by atoms with Crippen molar-refractivity contribution in [1.29, 1.82) is 0 Å². The third kappa shape index (κ3) is 2.98. The summed E-state index contributed by atoms with van der Waals surface area (Å²) < 4.78 is 49.0. The monoisotopic (exact) mass is 303 g/mol. The Morgan fingerprint density at radius 2 is 2.05 bits per heavy atom. The van der Waals surface area contributed by atoms with Crippen LogP contribution in [0.1, 0.15) is 13.3 Å². The van der Waals surface area contributed by atoms with Gasteiger partial charge in [0.15, 0.2) is 21.5 Å².